The molecule has 2 aromatic rings. The molecule has 0 radical (unpaired) electrons. The molecule has 2 unspecified atom stereocenters. The van der Waals surface area contributed by atoms with Crippen LogP contribution in [-0.4, -0.2) is 17.8 Å². The van der Waals surface area contributed by atoms with Crippen molar-refractivity contribution in [2.24, 2.45) is 11.3 Å². The molecular formula is C22H28O4. The van der Waals surface area contributed by atoms with Gasteiger partial charge in [0.15, 0.2) is 0 Å². The Hall–Kier alpha value is -2.07. The zero-order valence-corrected chi connectivity index (χ0v) is 15.8. The summed E-state index contributed by atoms with van der Waals surface area (Å²) in [5.41, 5.74) is 1.59. The van der Waals surface area contributed by atoms with E-state index in [1.54, 1.807) is 12.1 Å². The fraction of sp³-hybridized carbons (Fsp3) is 0.500. The minimum Gasteiger partial charge on any atom is -0.493 e. The van der Waals surface area contributed by atoms with E-state index in [0.29, 0.717) is 23.9 Å². The third-order valence-electron chi connectivity index (χ3n) is 5.68. The third-order valence-corrected chi connectivity index (χ3v) is 5.68. The lowest BCUT2D eigenvalue weighted by atomic mass is 9.65. The number of hydrogen-bond acceptors (Lipinski definition) is 4. The molecule has 0 spiro atoms. The largest absolute Gasteiger partial charge is 0.493 e. The standard InChI is InChI=1S/C22H28O4/c1-15-4-5-16(2)22(13-15,11-10-17(3)23)14-25-19-8-6-18-7-9-21(24)26-20(18)12-19/h4,6-9,12,16-17,23H,5,10-11,13-14H2,1-3H3/t16?,17?,22-/m1/s1. The number of fused-ring (bicyclic) bond motifs is 1. The van der Waals surface area contributed by atoms with Gasteiger partial charge < -0.3 is 14.3 Å². The van der Waals surface area contributed by atoms with Crippen molar-refractivity contribution in [2.45, 2.75) is 52.6 Å². The van der Waals surface area contributed by atoms with Gasteiger partial charge in [0.1, 0.15) is 11.3 Å². The number of aliphatic hydroxyl groups is 1. The third kappa shape index (κ3) is 4.18. The summed E-state index contributed by atoms with van der Waals surface area (Å²) >= 11 is 0. The molecule has 3 rings (SSSR count). The van der Waals surface area contributed by atoms with E-state index in [-0.39, 0.29) is 17.1 Å². The Kier molecular flexibility index (Phi) is 5.52. The number of ether oxygens (including phenoxy) is 1. The van der Waals surface area contributed by atoms with E-state index in [9.17, 15) is 9.90 Å². The highest BCUT2D eigenvalue weighted by Gasteiger charge is 2.38. The fourth-order valence-corrected chi connectivity index (χ4v) is 3.88. The summed E-state index contributed by atoms with van der Waals surface area (Å²) in [7, 11) is 0. The van der Waals surface area contributed by atoms with E-state index in [0.717, 1.165) is 31.1 Å². The Morgan fingerprint density at radius 3 is 2.88 bits per heavy atom. The minimum atomic E-state index is -0.357. The van der Waals surface area contributed by atoms with Crippen LogP contribution in [0.25, 0.3) is 11.0 Å². The van der Waals surface area contributed by atoms with Gasteiger partial charge in [0.25, 0.3) is 0 Å². The average molecular weight is 356 g/mol. The van der Waals surface area contributed by atoms with Crippen molar-refractivity contribution < 1.29 is 14.3 Å². The van der Waals surface area contributed by atoms with Gasteiger partial charge in [0.2, 0.25) is 0 Å². The lowest BCUT2D eigenvalue weighted by Gasteiger charge is -2.42. The normalized spacial score (nSPS) is 24.3. The van der Waals surface area contributed by atoms with Gasteiger partial charge in [0.05, 0.1) is 12.7 Å². The Balaban J connectivity index is 1.81. The molecule has 0 amide bonds. The molecule has 4 nitrogen and oxygen atoms in total. The molecule has 1 heterocycles. The summed E-state index contributed by atoms with van der Waals surface area (Å²) < 4.78 is 11.4. The molecular weight excluding hydrogens is 328 g/mol. The highest BCUT2D eigenvalue weighted by atomic mass is 16.5. The molecule has 3 atom stereocenters. The van der Waals surface area contributed by atoms with Crippen molar-refractivity contribution in [3.05, 3.63) is 52.4 Å². The van der Waals surface area contributed by atoms with Gasteiger partial charge in [-0.25, -0.2) is 4.79 Å². The topological polar surface area (TPSA) is 59.7 Å². The first-order chi connectivity index (χ1) is 12.4. The van der Waals surface area contributed by atoms with E-state index in [1.165, 1.54) is 11.6 Å². The summed E-state index contributed by atoms with van der Waals surface area (Å²) in [6, 6.07) is 8.79. The number of rotatable bonds is 6. The Morgan fingerprint density at radius 2 is 2.12 bits per heavy atom. The van der Waals surface area contributed by atoms with Crippen LogP contribution >= 0.6 is 0 Å². The van der Waals surface area contributed by atoms with Gasteiger partial charge in [-0.2, -0.15) is 0 Å². The monoisotopic (exact) mass is 356 g/mol. The van der Waals surface area contributed by atoms with Crippen molar-refractivity contribution in [1.82, 2.24) is 0 Å². The van der Waals surface area contributed by atoms with Crippen LogP contribution in [0.2, 0.25) is 0 Å². The first kappa shape index (κ1) is 18.7. The van der Waals surface area contributed by atoms with Gasteiger partial charge in [-0.05, 0) is 63.6 Å². The van der Waals surface area contributed by atoms with Crippen LogP contribution in [0.1, 0.15) is 46.5 Å². The molecule has 1 aromatic carbocycles. The maximum atomic E-state index is 11.4. The van der Waals surface area contributed by atoms with Crippen LogP contribution in [0.5, 0.6) is 5.75 Å². The molecule has 26 heavy (non-hydrogen) atoms. The fourth-order valence-electron chi connectivity index (χ4n) is 3.88. The first-order valence-corrected chi connectivity index (χ1v) is 9.38. The summed E-state index contributed by atoms with van der Waals surface area (Å²) in [4.78, 5) is 11.4. The van der Waals surface area contributed by atoms with Crippen molar-refractivity contribution in [2.75, 3.05) is 6.61 Å². The minimum absolute atomic E-state index is 0.0162. The van der Waals surface area contributed by atoms with Gasteiger partial charge in [-0.1, -0.05) is 18.6 Å². The number of hydrogen-bond donors (Lipinski definition) is 1. The van der Waals surface area contributed by atoms with Crippen LogP contribution < -0.4 is 10.4 Å². The lowest BCUT2D eigenvalue weighted by Crippen LogP contribution is -2.38. The van der Waals surface area contributed by atoms with Gasteiger partial charge in [0, 0.05) is 22.9 Å². The van der Waals surface area contributed by atoms with E-state index in [4.69, 9.17) is 9.15 Å². The second-order valence-electron chi connectivity index (χ2n) is 7.86. The van der Waals surface area contributed by atoms with Crippen molar-refractivity contribution in [3.63, 3.8) is 0 Å². The number of allylic oxidation sites excluding steroid dienone is 2. The SMILES string of the molecule is CC1=CCC(C)[C@@](CCC(C)O)(COc2ccc3ccc(=O)oc3c2)C1. The predicted octanol–water partition coefficient (Wildman–Crippen LogP) is 4.70. The molecule has 0 saturated carbocycles. The zero-order valence-electron chi connectivity index (χ0n) is 15.8. The smallest absolute Gasteiger partial charge is 0.336 e. The summed E-state index contributed by atoms with van der Waals surface area (Å²) in [5.74, 6) is 1.20. The Bertz CT molecular complexity index is 849. The molecule has 0 fully saturated rings. The summed E-state index contributed by atoms with van der Waals surface area (Å²) in [6.45, 7) is 6.88. The van der Waals surface area contributed by atoms with Gasteiger partial charge in [-0.3, -0.25) is 0 Å². The van der Waals surface area contributed by atoms with E-state index >= 15 is 0 Å². The summed E-state index contributed by atoms with van der Waals surface area (Å²) in [5, 5.41) is 10.7. The quantitative estimate of drug-likeness (QED) is 0.602. The molecule has 140 valence electrons. The van der Waals surface area contributed by atoms with Crippen LogP contribution in [0.4, 0.5) is 0 Å². The molecule has 1 aromatic heterocycles. The van der Waals surface area contributed by atoms with Crippen LogP contribution in [0, 0.1) is 11.3 Å². The van der Waals surface area contributed by atoms with Crippen LogP contribution in [-0.2, 0) is 0 Å². The maximum absolute atomic E-state index is 11.4. The number of benzene rings is 1. The number of aliphatic hydroxyl groups excluding tert-OH is 1. The Morgan fingerprint density at radius 1 is 1.35 bits per heavy atom. The predicted molar refractivity (Wildman–Crippen MR) is 103 cm³/mol. The molecule has 1 aliphatic rings. The van der Waals surface area contributed by atoms with Crippen LogP contribution in [0.15, 0.2) is 51.2 Å². The summed E-state index contributed by atoms with van der Waals surface area (Å²) in [6.07, 6.45) is 5.74. The maximum Gasteiger partial charge on any atom is 0.336 e. The molecule has 0 bridgehead atoms. The second kappa shape index (κ2) is 7.67. The van der Waals surface area contributed by atoms with Gasteiger partial charge in [-0.15, -0.1) is 0 Å². The zero-order chi connectivity index (χ0) is 18.7. The van der Waals surface area contributed by atoms with Crippen molar-refractivity contribution >= 4 is 11.0 Å². The Labute approximate surface area is 154 Å². The average Bonchev–Trinajstić information content (AvgIpc) is 2.61. The van der Waals surface area contributed by atoms with E-state index in [2.05, 4.69) is 19.9 Å². The van der Waals surface area contributed by atoms with Crippen molar-refractivity contribution in [1.29, 1.82) is 0 Å². The van der Waals surface area contributed by atoms with E-state index in [1.807, 2.05) is 19.1 Å². The first-order valence-electron chi connectivity index (χ1n) is 9.38. The lowest BCUT2D eigenvalue weighted by molar-refractivity contribution is 0.0492. The van der Waals surface area contributed by atoms with E-state index < -0.39 is 0 Å². The molecule has 0 aliphatic heterocycles. The van der Waals surface area contributed by atoms with Crippen LogP contribution in [0.3, 0.4) is 0 Å². The molecule has 4 heteroatoms. The molecule has 1 aliphatic carbocycles. The molecule has 0 saturated heterocycles. The highest BCUT2D eigenvalue weighted by molar-refractivity contribution is 5.77. The highest BCUT2D eigenvalue weighted by Crippen LogP contribution is 2.45. The van der Waals surface area contributed by atoms with Gasteiger partial charge >= 0.3 is 5.63 Å². The molecule has 1 N–H and O–H groups in total. The second-order valence-corrected chi connectivity index (χ2v) is 7.86. The van der Waals surface area contributed by atoms with Crippen molar-refractivity contribution in [3.8, 4) is 5.75 Å².